The lowest BCUT2D eigenvalue weighted by Gasteiger charge is -2.13. The van der Waals surface area contributed by atoms with Gasteiger partial charge in [0.15, 0.2) is 0 Å². The molecule has 0 spiro atoms. The molecule has 1 aliphatic rings. The highest BCUT2D eigenvalue weighted by molar-refractivity contribution is 5.84. The molecule has 0 aromatic carbocycles. The molecule has 1 rings (SSSR count). The number of rotatable bonds is 3. The largest absolute Gasteiger partial charge is 0.481 e. The predicted molar refractivity (Wildman–Crippen MR) is 41.4 cm³/mol. The van der Waals surface area contributed by atoms with Gasteiger partial charge in [0.2, 0.25) is 5.91 Å². The molecule has 68 valence electrons. The summed E-state index contributed by atoms with van der Waals surface area (Å²) in [5.41, 5.74) is 5.44. The highest BCUT2D eigenvalue weighted by Gasteiger charge is 2.28. The van der Waals surface area contributed by atoms with Crippen LogP contribution in [0.15, 0.2) is 0 Å². The van der Waals surface area contributed by atoms with Crippen molar-refractivity contribution in [3.05, 3.63) is 0 Å². The maximum absolute atomic E-state index is 11.1. The highest BCUT2D eigenvalue weighted by Crippen LogP contribution is 2.08. The summed E-state index contributed by atoms with van der Waals surface area (Å²) in [6, 6.07) is -0.418. The van der Waals surface area contributed by atoms with Crippen LogP contribution in [0.3, 0.4) is 0 Å². The van der Waals surface area contributed by atoms with Crippen molar-refractivity contribution >= 4 is 11.9 Å². The number of nitrogens with two attached hydrogens (primary N) is 1. The van der Waals surface area contributed by atoms with Gasteiger partial charge in [0, 0.05) is 13.1 Å². The Balaban J connectivity index is 2.34. The Kier molecular flexibility index (Phi) is 2.65. The minimum atomic E-state index is -0.886. The smallest absolute Gasteiger partial charge is 0.305 e. The minimum absolute atomic E-state index is 0.00153. The van der Waals surface area contributed by atoms with Crippen molar-refractivity contribution < 1.29 is 14.7 Å². The van der Waals surface area contributed by atoms with Crippen molar-refractivity contribution in [1.29, 1.82) is 0 Å². The zero-order valence-electron chi connectivity index (χ0n) is 6.69. The van der Waals surface area contributed by atoms with Crippen molar-refractivity contribution in [3.8, 4) is 0 Å². The van der Waals surface area contributed by atoms with Crippen molar-refractivity contribution in [2.24, 2.45) is 5.73 Å². The number of aliphatic carboxylic acids is 1. The molecule has 1 amide bonds. The Hall–Kier alpha value is -1.10. The van der Waals surface area contributed by atoms with Gasteiger partial charge in [0.05, 0.1) is 12.5 Å². The second kappa shape index (κ2) is 3.53. The maximum Gasteiger partial charge on any atom is 0.305 e. The number of amides is 1. The van der Waals surface area contributed by atoms with Gasteiger partial charge in [0.1, 0.15) is 0 Å². The summed E-state index contributed by atoms with van der Waals surface area (Å²) in [6.07, 6.45) is 0.636. The van der Waals surface area contributed by atoms with Crippen LogP contribution in [-0.2, 0) is 9.59 Å². The lowest BCUT2D eigenvalue weighted by Crippen LogP contribution is -2.35. The summed E-state index contributed by atoms with van der Waals surface area (Å²) in [5, 5.41) is 8.36. The van der Waals surface area contributed by atoms with Crippen molar-refractivity contribution in [2.75, 3.05) is 13.1 Å². The highest BCUT2D eigenvalue weighted by atomic mass is 16.4. The van der Waals surface area contributed by atoms with Crippen LogP contribution in [0, 0.1) is 0 Å². The third-order valence-electron chi connectivity index (χ3n) is 1.93. The lowest BCUT2D eigenvalue weighted by atomic mass is 10.3. The normalized spacial score (nSPS) is 23.2. The first-order chi connectivity index (χ1) is 5.61. The SMILES string of the molecule is NC1CCN(CCC(=O)O)C1=O. The van der Waals surface area contributed by atoms with Crippen LogP contribution >= 0.6 is 0 Å². The summed E-state index contributed by atoms with van der Waals surface area (Å²) in [5.74, 6) is -1.01. The van der Waals surface area contributed by atoms with Crippen LogP contribution in [0.2, 0.25) is 0 Å². The van der Waals surface area contributed by atoms with Gasteiger partial charge in [-0.15, -0.1) is 0 Å². The van der Waals surface area contributed by atoms with Crippen molar-refractivity contribution in [1.82, 2.24) is 4.90 Å². The number of carboxylic acid groups (broad SMARTS) is 1. The van der Waals surface area contributed by atoms with Gasteiger partial charge >= 0.3 is 5.97 Å². The topological polar surface area (TPSA) is 83.6 Å². The first-order valence-electron chi connectivity index (χ1n) is 3.87. The van der Waals surface area contributed by atoms with E-state index in [1.54, 1.807) is 0 Å². The van der Waals surface area contributed by atoms with Gasteiger partial charge in [-0.05, 0) is 6.42 Å². The molecule has 1 heterocycles. The second-order valence-electron chi connectivity index (χ2n) is 2.86. The van der Waals surface area contributed by atoms with Crippen molar-refractivity contribution in [3.63, 3.8) is 0 Å². The zero-order chi connectivity index (χ0) is 9.14. The van der Waals surface area contributed by atoms with Gasteiger partial charge in [-0.1, -0.05) is 0 Å². The molecule has 0 bridgehead atoms. The van der Waals surface area contributed by atoms with Crippen LogP contribution < -0.4 is 5.73 Å². The van der Waals surface area contributed by atoms with Gasteiger partial charge in [-0.25, -0.2) is 0 Å². The summed E-state index contributed by atoms with van der Waals surface area (Å²) >= 11 is 0. The first kappa shape index (κ1) is 8.99. The van der Waals surface area contributed by atoms with E-state index in [4.69, 9.17) is 10.8 Å². The second-order valence-corrected chi connectivity index (χ2v) is 2.86. The van der Waals surface area contributed by atoms with E-state index in [-0.39, 0.29) is 18.9 Å². The molecule has 1 atom stereocenters. The van der Waals surface area contributed by atoms with Gasteiger partial charge < -0.3 is 15.7 Å². The number of hydrogen-bond donors (Lipinski definition) is 2. The molecule has 0 aromatic rings. The molecule has 0 radical (unpaired) electrons. The van der Waals surface area contributed by atoms with E-state index >= 15 is 0 Å². The Morgan fingerprint density at radius 2 is 2.42 bits per heavy atom. The Morgan fingerprint density at radius 1 is 1.75 bits per heavy atom. The number of carbonyl (C=O) groups is 2. The third-order valence-corrected chi connectivity index (χ3v) is 1.93. The van der Waals surface area contributed by atoms with Gasteiger partial charge in [0.25, 0.3) is 0 Å². The number of likely N-dealkylation sites (tertiary alicyclic amines) is 1. The average Bonchev–Trinajstić information content (AvgIpc) is 2.30. The fourth-order valence-corrected chi connectivity index (χ4v) is 1.22. The van der Waals surface area contributed by atoms with Crippen LogP contribution in [0.5, 0.6) is 0 Å². The lowest BCUT2D eigenvalue weighted by molar-refractivity contribution is -0.138. The fourth-order valence-electron chi connectivity index (χ4n) is 1.22. The molecule has 0 aromatic heterocycles. The Labute approximate surface area is 70.1 Å². The Morgan fingerprint density at radius 3 is 2.83 bits per heavy atom. The number of nitrogens with zero attached hydrogens (tertiary/aromatic N) is 1. The van der Waals surface area contributed by atoms with Crippen LogP contribution in [-0.4, -0.2) is 41.0 Å². The number of carbonyl (C=O) groups excluding carboxylic acids is 1. The standard InChI is InChI=1S/C7H12N2O3/c8-5-1-3-9(7(5)12)4-2-6(10)11/h5H,1-4,8H2,(H,10,11). The van der Waals surface area contributed by atoms with Crippen LogP contribution in [0.4, 0.5) is 0 Å². The van der Waals surface area contributed by atoms with Crippen LogP contribution in [0.25, 0.3) is 0 Å². The molecule has 0 aliphatic carbocycles. The van der Waals surface area contributed by atoms with Gasteiger partial charge in [-0.3, -0.25) is 9.59 Å². The molecule has 0 saturated carbocycles. The zero-order valence-corrected chi connectivity index (χ0v) is 6.69. The summed E-state index contributed by atoms with van der Waals surface area (Å²) in [4.78, 5) is 22.8. The van der Waals surface area contributed by atoms with E-state index in [9.17, 15) is 9.59 Å². The summed E-state index contributed by atoms with van der Waals surface area (Å²) in [6.45, 7) is 0.870. The molecule has 3 N–H and O–H groups in total. The van der Waals surface area contributed by atoms with E-state index in [0.717, 1.165) is 0 Å². The molecule has 1 unspecified atom stereocenters. The minimum Gasteiger partial charge on any atom is -0.481 e. The molecular formula is C7H12N2O3. The van der Waals surface area contributed by atoms with E-state index in [1.807, 2.05) is 0 Å². The Bertz CT molecular complexity index is 205. The summed E-state index contributed by atoms with van der Waals surface area (Å²) < 4.78 is 0. The third kappa shape index (κ3) is 1.94. The molecule has 12 heavy (non-hydrogen) atoms. The van der Waals surface area contributed by atoms with E-state index < -0.39 is 12.0 Å². The first-order valence-corrected chi connectivity index (χ1v) is 3.87. The average molecular weight is 172 g/mol. The summed E-state index contributed by atoms with van der Waals surface area (Å²) in [7, 11) is 0. The van der Waals surface area contributed by atoms with E-state index in [1.165, 1.54) is 4.90 Å². The number of hydrogen-bond acceptors (Lipinski definition) is 3. The molecule has 5 nitrogen and oxygen atoms in total. The van der Waals surface area contributed by atoms with E-state index in [0.29, 0.717) is 13.0 Å². The fraction of sp³-hybridized carbons (Fsp3) is 0.714. The van der Waals surface area contributed by atoms with E-state index in [2.05, 4.69) is 0 Å². The molecular weight excluding hydrogens is 160 g/mol. The van der Waals surface area contributed by atoms with Gasteiger partial charge in [-0.2, -0.15) is 0 Å². The molecule has 1 saturated heterocycles. The predicted octanol–water partition coefficient (Wildman–Crippen LogP) is -0.979. The molecule has 1 fully saturated rings. The maximum atomic E-state index is 11.1. The quantitative estimate of drug-likeness (QED) is 0.573. The van der Waals surface area contributed by atoms with Crippen molar-refractivity contribution in [2.45, 2.75) is 18.9 Å². The monoisotopic (exact) mass is 172 g/mol. The molecule has 5 heteroatoms. The van der Waals surface area contributed by atoms with Crippen LogP contribution in [0.1, 0.15) is 12.8 Å². The molecule has 1 aliphatic heterocycles. The number of carboxylic acids is 1.